The molecule has 118 valence electrons. The zero-order valence-electron chi connectivity index (χ0n) is 13.4. The lowest BCUT2D eigenvalue weighted by Gasteiger charge is -2.39. The molecule has 1 N–H and O–H groups in total. The van der Waals surface area contributed by atoms with Crippen molar-refractivity contribution < 1.29 is 9.47 Å². The molecule has 0 aromatic heterocycles. The Kier molecular flexibility index (Phi) is 7.32. The number of unbranched alkanes of at least 4 members (excludes halogenated alkanes) is 3. The first-order chi connectivity index (χ1) is 9.79. The van der Waals surface area contributed by atoms with Crippen molar-refractivity contribution in [2.24, 2.45) is 5.92 Å². The first kappa shape index (κ1) is 16.3. The van der Waals surface area contributed by atoms with Gasteiger partial charge in [0.25, 0.3) is 0 Å². The second kappa shape index (κ2) is 9.01. The molecule has 3 nitrogen and oxygen atoms in total. The maximum Gasteiger partial charge on any atom is 0.137 e. The van der Waals surface area contributed by atoms with E-state index in [1.165, 1.54) is 57.8 Å². The van der Waals surface area contributed by atoms with E-state index in [2.05, 4.69) is 19.2 Å². The van der Waals surface area contributed by atoms with E-state index in [0.717, 1.165) is 19.1 Å². The molecule has 1 saturated heterocycles. The number of rotatable bonds is 10. The Labute approximate surface area is 124 Å². The standard InChI is InChI=1S/C17H33NO2/c1-3-4-5-6-9-14(2)20-16-13-19-17(16)18-12-15-10-7-8-11-15/h14-18H,3-13H2,1-2H3. The zero-order valence-corrected chi connectivity index (χ0v) is 13.4. The van der Waals surface area contributed by atoms with Crippen molar-refractivity contribution in [2.45, 2.75) is 90.1 Å². The van der Waals surface area contributed by atoms with Crippen molar-refractivity contribution in [1.82, 2.24) is 5.32 Å². The van der Waals surface area contributed by atoms with Gasteiger partial charge in [-0.1, -0.05) is 45.4 Å². The molecular weight excluding hydrogens is 250 g/mol. The summed E-state index contributed by atoms with van der Waals surface area (Å²) in [7, 11) is 0. The summed E-state index contributed by atoms with van der Waals surface area (Å²) in [6.45, 7) is 6.33. The van der Waals surface area contributed by atoms with Gasteiger partial charge in [-0.05, 0) is 32.1 Å². The molecule has 0 bridgehead atoms. The summed E-state index contributed by atoms with van der Waals surface area (Å²) < 4.78 is 11.7. The van der Waals surface area contributed by atoms with Crippen molar-refractivity contribution in [3.8, 4) is 0 Å². The lowest BCUT2D eigenvalue weighted by molar-refractivity contribution is -0.215. The maximum atomic E-state index is 6.11. The first-order valence-electron chi connectivity index (χ1n) is 8.80. The van der Waals surface area contributed by atoms with E-state index in [1.54, 1.807) is 0 Å². The average Bonchev–Trinajstić information content (AvgIpc) is 2.93. The zero-order chi connectivity index (χ0) is 14.2. The third-order valence-corrected chi connectivity index (χ3v) is 4.73. The molecule has 3 unspecified atom stereocenters. The molecule has 1 aliphatic heterocycles. The molecule has 3 atom stereocenters. The Bertz CT molecular complexity index is 253. The molecule has 2 fully saturated rings. The fourth-order valence-electron chi connectivity index (χ4n) is 3.29. The monoisotopic (exact) mass is 283 g/mol. The van der Waals surface area contributed by atoms with Crippen LogP contribution < -0.4 is 5.32 Å². The fraction of sp³-hybridized carbons (Fsp3) is 1.00. The summed E-state index contributed by atoms with van der Waals surface area (Å²) in [6.07, 6.45) is 12.9. The van der Waals surface area contributed by atoms with Crippen LogP contribution in [0, 0.1) is 5.92 Å². The van der Waals surface area contributed by atoms with E-state index in [4.69, 9.17) is 9.47 Å². The molecule has 2 rings (SSSR count). The molecule has 1 aliphatic carbocycles. The summed E-state index contributed by atoms with van der Waals surface area (Å²) in [5.74, 6) is 0.867. The van der Waals surface area contributed by atoms with Crippen molar-refractivity contribution in [1.29, 1.82) is 0 Å². The summed E-state index contributed by atoms with van der Waals surface area (Å²) in [4.78, 5) is 0. The van der Waals surface area contributed by atoms with Gasteiger partial charge in [-0.2, -0.15) is 0 Å². The van der Waals surface area contributed by atoms with Crippen molar-refractivity contribution in [3.05, 3.63) is 0 Å². The van der Waals surface area contributed by atoms with Crippen LogP contribution >= 0.6 is 0 Å². The fourth-order valence-corrected chi connectivity index (χ4v) is 3.29. The second-order valence-corrected chi connectivity index (χ2v) is 6.65. The van der Waals surface area contributed by atoms with Crippen LogP contribution in [0.25, 0.3) is 0 Å². The van der Waals surface area contributed by atoms with Crippen molar-refractivity contribution in [2.75, 3.05) is 13.2 Å². The van der Waals surface area contributed by atoms with Gasteiger partial charge in [-0.3, -0.25) is 5.32 Å². The third kappa shape index (κ3) is 5.34. The Hall–Kier alpha value is -0.120. The van der Waals surface area contributed by atoms with Crippen LogP contribution in [-0.4, -0.2) is 31.6 Å². The van der Waals surface area contributed by atoms with Crippen LogP contribution in [-0.2, 0) is 9.47 Å². The molecule has 20 heavy (non-hydrogen) atoms. The molecular formula is C17H33NO2. The topological polar surface area (TPSA) is 30.5 Å². The summed E-state index contributed by atoms with van der Waals surface area (Å²) in [5, 5.41) is 3.55. The van der Waals surface area contributed by atoms with Crippen molar-refractivity contribution >= 4 is 0 Å². The number of ether oxygens (including phenoxy) is 2. The van der Waals surface area contributed by atoms with E-state index < -0.39 is 0 Å². The highest BCUT2D eigenvalue weighted by Crippen LogP contribution is 2.25. The molecule has 0 aromatic carbocycles. The average molecular weight is 283 g/mol. The minimum atomic E-state index is 0.147. The minimum Gasteiger partial charge on any atom is -0.369 e. The summed E-state index contributed by atoms with van der Waals surface area (Å²) >= 11 is 0. The van der Waals surface area contributed by atoms with Gasteiger partial charge in [0.2, 0.25) is 0 Å². The third-order valence-electron chi connectivity index (χ3n) is 4.73. The molecule has 3 heteroatoms. The lowest BCUT2D eigenvalue weighted by Crippen LogP contribution is -2.56. The Morgan fingerprint density at radius 2 is 2.00 bits per heavy atom. The molecule has 1 saturated carbocycles. The van der Waals surface area contributed by atoms with Gasteiger partial charge in [0.1, 0.15) is 12.3 Å². The van der Waals surface area contributed by atoms with Crippen LogP contribution in [0.3, 0.4) is 0 Å². The van der Waals surface area contributed by atoms with Crippen LogP contribution in [0.2, 0.25) is 0 Å². The van der Waals surface area contributed by atoms with E-state index in [0.29, 0.717) is 6.10 Å². The lowest BCUT2D eigenvalue weighted by atomic mass is 10.1. The van der Waals surface area contributed by atoms with Crippen LogP contribution in [0.1, 0.15) is 71.6 Å². The van der Waals surface area contributed by atoms with E-state index in [1.807, 2.05) is 0 Å². The van der Waals surface area contributed by atoms with Gasteiger partial charge >= 0.3 is 0 Å². The Morgan fingerprint density at radius 3 is 2.65 bits per heavy atom. The number of hydrogen-bond donors (Lipinski definition) is 1. The highest BCUT2D eigenvalue weighted by atomic mass is 16.6. The predicted molar refractivity (Wildman–Crippen MR) is 82.8 cm³/mol. The summed E-state index contributed by atoms with van der Waals surface area (Å²) in [6, 6.07) is 0. The number of nitrogens with one attached hydrogen (secondary N) is 1. The molecule has 0 radical (unpaired) electrons. The van der Waals surface area contributed by atoms with Gasteiger partial charge in [-0.25, -0.2) is 0 Å². The van der Waals surface area contributed by atoms with Crippen molar-refractivity contribution in [3.63, 3.8) is 0 Å². The number of hydrogen-bond acceptors (Lipinski definition) is 3. The predicted octanol–water partition coefficient (Wildman–Crippen LogP) is 3.87. The smallest absolute Gasteiger partial charge is 0.137 e. The van der Waals surface area contributed by atoms with Gasteiger partial charge in [0.05, 0.1) is 12.7 Å². The van der Waals surface area contributed by atoms with E-state index in [-0.39, 0.29) is 12.3 Å². The highest BCUT2D eigenvalue weighted by Gasteiger charge is 2.34. The van der Waals surface area contributed by atoms with Gasteiger partial charge in [0, 0.05) is 6.54 Å². The van der Waals surface area contributed by atoms with Crippen LogP contribution in [0.4, 0.5) is 0 Å². The second-order valence-electron chi connectivity index (χ2n) is 6.65. The van der Waals surface area contributed by atoms with Gasteiger partial charge < -0.3 is 9.47 Å². The molecule has 1 heterocycles. The Morgan fingerprint density at radius 1 is 1.20 bits per heavy atom. The molecule has 0 spiro atoms. The minimum absolute atomic E-state index is 0.147. The normalized spacial score (nSPS) is 28.5. The molecule has 0 aromatic rings. The van der Waals surface area contributed by atoms with Crippen LogP contribution in [0.5, 0.6) is 0 Å². The molecule has 0 amide bonds. The molecule has 2 aliphatic rings. The summed E-state index contributed by atoms with van der Waals surface area (Å²) in [5.41, 5.74) is 0. The highest BCUT2D eigenvalue weighted by molar-refractivity contribution is 4.81. The van der Waals surface area contributed by atoms with Gasteiger partial charge in [-0.15, -0.1) is 0 Å². The van der Waals surface area contributed by atoms with Gasteiger partial charge in [0.15, 0.2) is 0 Å². The van der Waals surface area contributed by atoms with E-state index >= 15 is 0 Å². The Balaban J connectivity index is 1.53. The SMILES string of the molecule is CCCCCCC(C)OC1COC1NCC1CCCC1. The maximum absolute atomic E-state index is 6.11. The largest absolute Gasteiger partial charge is 0.369 e. The first-order valence-corrected chi connectivity index (χ1v) is 8.80. The quantitative estimate of drug-likeness (QED) is 0.617. The van der Waals surface area contributed by atoms with Crippen LogP contribution in [0.15, 0.2) is 0 Å². The van der Waals surface area contributed by atoms with E-state index in [9.17, 15) is 0 Å².